The summed E-state index contributed by atoms with van der Waals surface area (Å²) >= 11 is 6.35. The molecule has 1 unspecified atom stereocenters. The second kappa shape index (κ2) is 5.67. The Balaban J connectivity index is 2.72. The molecule has 0 aliphatic rings. The van der Waals surface area contributed by atoms with Gasteiger partial charge in [-0.2, -0.15) is 0 Å². The Bertz CT molecular complexity index is 361. The molecule has 0 spiro atoms. The van der Waals surface area contributed by atoms with E-state index in [0.29, 0.717) is 5.88 Å². The van der Waals surface area contributed by atoms with Gasteiger partial charge >= 0.3 is 0 Å². The van der Waals surface area contributed by atoms with Crippen LogP contribution in [-0.2, 0) is 6.42 Å². The summed E-state index contributed by atoms with van der Waals surface area (Å²) in [6.07, 6.45) is 2.37. The van der Waals surface area contributed by atoms with E-state index in [2.05, 4.69) is 30.7 Å². The molecular weight excluding hydrogens is 236 g/mol. The Morgan fingerprint density at radius 2 is 1.94 bits per heavy atom. The Morgan fingerprint density at radius 1 is 1.29 bits per heavy atom. The fourth-order valence-corrected chi connectivity index (χ4v) is 1.44. The summed E-state index contributed by atoms with van der Waals surface area (Å²) in [6.45, 7) is 10.3. The van der Waals surface area contributed by atoms with Gasteiger partial charge in [-0.1, -0.05) is 20.8 Å². The number of ether oxygens (including phenoxy) is 1. The average Bonchev–Trinajstić information content (AvgIpc) is 2.15. The lowest BCUT2D eigenvalue weighted by Gasteiger charge is -2.24. The highest BCUT2D eigenvalue weighted by molar-refractivity contribution is 6.21. The molecular formula is C13H21ClN2O. The van der Waals surface area contributed by atoms with Gasteiger partial charge in [-0.05, 0) is 19.3 Å². The van der Waals surface area contributed by atoms with Gasteiger partial charge in [0.25, 0.3) is 0 Å². The smallest absolute Gasteiger partial charge is 0.216 e. The lowest BCUT2D eigenvalue weighted by molar-refractivity contribution is 0.231. The first-order valence-electron chi connectivity index (χ1n) is 5.90. The van der Waals surface area contributed by atoms with Gasteiger partial charge in [-0.15, -0.1) is 11.6 Å². The first kappa shape index (κ1) is 14.2. The molecule has 1 atom stereocenters. The molecule has 4 heteroatoms. The fourth-order valence-electron chi connectivity index (χ4n) is 1.28. The number of hydrogen-bond donors (Lipinski definition) is 0. The van der Waals surface area contributed by atoms with Crippen molar-refractivity contribution in [2.45, 2.75) is 52.5 Å². The van der Waals surface area contributed by atoms with Crippen molar-refractivity contribution in [2.75, 3.05) is 0 Å². The highest BCUT2D eigenvalue weighted by atomic mass is 35.5. The van der Waals surface area contributed by atoms with Crippen molar-refractivity contribution < 1.29 is 4.74 Å². The number of hydrogen-bond acceptors (Lipinski definition) is 3. The topological polar surface area (TPSA) is 35.0 Å². The van der Waals surface area contributed by atoms with Crippen LogP contribution >= 0.6 is 11.6 Å². The molecule has 0 aliphatic heterocycles. The van der Waals surface area contributed by atoms with Crippen LogP contribution in [0.4, 0.5) is 0 Å². The molecule has 0 saturated heterocycles. The van der Waals surface area contributed by atoms with Crippen LogP contribution in [0.5, 0.6) is 5.88 Å². The SMILES string of the molecule is CC(C)Oc1cc(CC(Cl)C(C)(C)C)ncn1. The van der Waals surface area contributed by atoms with E-state index in [1.807, 2.05) is 19.9 Å². The summed E-state index contributed by atoms with van der Waals surface area (Å²) in [5.41, 5.74) is 0.983. The second-order valence-electron chi connectivity index (χ2n) is 5.55. The number of rotatable bonds is 4. The Morgan fingerprint density at radius 3 is 2.47 bits per heavy atom. The molecule has 96 valence electrons. The summed E-state index contributed by atoms with van der Waals surface area (Å²) in [5, 5.41) is 0.0456. The molecule has 0 aliphatic carbocycles. The summed E-state index contributed by atoms with van der Waals surface area (Å²) in [6, 6.07) is 1.86. The Hall–Kier alpha value is -0.830. The van der Waals surface area contributed by atoms with Crippen molar-refractivity contribution in [1.29, 1.82) is 0 Å². The number of halogens is 1. The molecule has 17 heavy (non-hydrogen) atoms. The molecule has 1 aromatic rings. The lowest BCUT2D eigenvalue weighted by atomic mass is 9.89. The fraction of sp³-hybridized carbons (Fsp3) is 0.692. The molecule has 0 fully saturated rings. The predicted molar refractivity (Wildman–Crippen MR) is 70.6 cm³/mol. The number of aromatic nitrogens is 2. The van der Waals surface area contributed by atoms with Crippen LogP contribution in [0.3, 0.4) is 0 Å². The molecule has 0 aromatic carbocycles. The third-order valence-electron chi connectivity index (χ3n) is 2.38. The van der Waals surface area contributed by atoms with Gasteiger partial charge in [0.1, 0.15) is 6.33 Å². The van der Waals surface area contributed by atoms with E-state index in [1.165, 1.54) is 6.33 Å². The van der Waals surface area contributed by atoms with Crippen LogP contribution in [0.25, 0.3) is 0 Å². The maximum Gasteiger partial charge on any atom is 0.216 e. The van der Waals surface area contributed by atoms with Gasteiger partial charge < -0.3 is 4.74 Å². The number of alkyl halides is 1. The average molecular weight is 257 g/mol. The monoisotopic (exact) mass is 256 g/mol. The lowest BCUT2D eigenvalue weighted by Crippen LogP contribution is -2.23. The van der Waals surface area contributed by atoms with Crippen molar-refractivity contribution in [2.24, 2.45) is 5.41 Å². The normalized spacial score (nSPS) is 13.8. The van der Waals surface area contributed by atoms with Crippen molar-refractivity contribution in [3.63, 3.8) is 0 Å². The molecule has 0 N–H and O–H groups in total. The quantitative estimate of drug-likeness (QED) is 0.774. The van der Waals surface area contributed by atoms with E-state index in [1.54, 1.807) is 0 Å². The minimum atomic E-state index is 0.0456. The van der Waals surface area contributed by atoms with Gasteiger partial charge in [-0.3, -0.25) is 0 Å². The third kappa shape index (κ3) is 4.90. The van der Waals surface area contributed by atoms with Crippen LogP contribution in [0, 0.1) is 5.41 Å². The zero-order chi connectivity index (χ0) is 13.1. The van der Waals surface area contributed by atoms with Gasteiger partial charge in [-0.25, -0.2) is 9.97 Å². The maximum absolute atomic E-state index is 6.35. The summed E-state index contributed by atoms with van der Waals surface area (Å²) in [5.74, 6) is 0.614. The highest BCUT2D eigenvalue weighted by Gasteiger charge is 2.23. The van der Waals surface area contributed by atoms with E-state index in [4.69, 9.17) is 16.3 Å². The highest BCUT2D eigenvalue weighted by Crippen LogP contribution is 2.27. The summed E-state index contributed by atoms with van der Waals surface area (Å²) < 4.78 is 5.53. The largest absolute Gasteiger partial charge is 0.475 e. The molecule has 0 saturated carbocycles. The van der Waals surface area contributed by atoms with E-state index in [-0.39, 0.29) is 16.9 Å². The zero-order valence-electron chi connectivity index (χ0n) is 11.2. The first-order chi connectivity index (χ1) is 7.79. The van der Waals surface area contributed by atoms with Crippen LogP contribution in [0.2, 0.25) is 0 Å². The maximum atomic E-state index is 6.35. The van der Waals surface area contributed by atoms with Crippen molar-refractivity contribution in [3.8, 4) is 5.88 Å². The first-order valence-corrected chi connectivity index (χ1v) is 6.34. The second-order valence-corrected chi connectivity index (χ2v) is 6.08. The van der Waals surface area contributed by atoms with Gasteiger partial charge in [0.2, 0.25) is 5.88 Å². The molecule has 1 heterocycles. The van der Waals surface area contributed by atoms with Gasteiger partial charge in [0, 0.05) is 23.6 Å². The molecule has 3 nitrogen and oxygen atoms in total. The van der Waals surface area contributed by atoms with E-state index < -0.39 is 0 Å². The van der Waals surface area contributed by atoms with Crippen molar-refractivity contribution in [1.82, 2.24) is 9.97 Å². The predicted octanol–water partition coefficient (Wildman–Crippen LogP) is 3.46. The molecule has 0 radical (unpaired) electrons. The molecule has 0 bridgehead atoms. The summed E-state index contributed by atoms with van der Waals surface area (Å²) in [4.78, 5) is 8.30. The summed E-state index contributed by atoms with van der Waals surface area (Å²) in [7, 11) is 0. The van der Waals surface area contributed by atoms with Crippen LogP contribution in [-0.4, -0.2) is 21.4 Å². The zero-order valence-corrected chi connectivity index (χ0v) is 12.0. The van der Waals surface area contributed by atoms with E-state index >= 15 is 0 Å². The molecule has 1 rings (SSSR count). The standard InChI is InChI=1S/C13H21ClN2O/c1-9(2)17-12-7-10(15-8-16-12)6-11(14)13(3,4)5/h7-9,11H,6H2,1-5H3. The molecule has 0 amide bonds. The van der Waals surface area contributed by atoms with E-state index in [0.717, 1.165) is 12.1 Å². The third-order valence-corrected chi connectivity index (χ3v) is 3.19. The van der Waals surface area contributed by atoms with E-state index in [9.17, 15) is 0 Å². The Labute approximate surface area is 109 Å². The minimum absolute atomic E-state index is 0.0456. The number of nitrogens with zero attached hydrogens (tertiary/aromatic N) is 2. The van der Waals surface area contributed by atoms with Crippen molar-refractivity contribution in [3.05, 3.63) is 18.1 Å². The van der Waals surface area contributed by atoms with Crippen LogP contribution in [0.15, 0.2) is 12.4 Å². The van der Waals surface area contributed by atoms with Gasteiger partial charge in [0.15, 0.2) is 0 Å². The Kier molecular flexibility index (Phi) is 4.75. The molecule has 1 aromatic heterocycles. The van der Waals surface area contributed by atoms with Gasteiger partial charge in [0.05, 0.1) is 6.10 Å². The van der Waals surface area contributed by atoms with Crippen molar-refractivity contribution >= 4 is 11.6 Å². The van der Waals surface area contributed by atoms with Crippen LogP contribution in [0.1, 0.15) is 40.3 Å². The minimum Gasteiger partial charge on any atom is -0.475 e. The van der Waals surface area contributed by atoms with Crippen LogP contribution < -0.4 is 4.74 Å².